The third-order valence-corrected chi connectivity index (χ3v) is 7.36. The number of hydrogen-bond donors (Lipinski definition) is 1. The lowest BCUT2D eigenvalue weighted by Gasteiger charge is -2.37. The summed E-state index contributed by atoms with van der Waals surface area (Å²) >= 11 is 0. The van der Waals surface area contributed by atoms with Crippen molar-refractivity contribution in [3.8, 4) is 11.6 Å². The minimum atomic E-state index is -0.867. The lowest BCUT2D eigenvalue weighted by atomic mass is 9.94. The van der Waals surface area contributed by atoms with E-state index in [1.165, 1.54) is 23.4 Å². The van der Waals surface area contributed by atoms with Crippen LogP contribution in [0.15, 0.2) is 40.8 Å². The fraction of sp³-hybridized carbons (Fsp3) is 0.519. The molecule has 37 heavy (non-hydrogen) atoms. The third kappa shape index (κ3) is 5.89. The Morgan fingerprint density at radius 3 is 2.43 bits per heavy atom. The van der Waals surface area contributed by atoms with Crippen LogP contribution in [0.2, 0.25) is 0 Å². The van der Waals surface area contributed by atoms with Crippen LogP contribution >= 0.6 is 0 Å². The van der Waals surface area contributed by atoms with E-state index in [0.717, 1.165) is 57.1 Å². The van der Waals surface area contributed by atoms with Crippen LogP contribution in [0.25, 0.3) is 11.6 Å². The van der Waals surface area contributed by atoms with Gasteiger partial charge >= 0.3 is 0 Å². The van der Waals surface area contributed by atoms with Gasteiger partial charge in [-0.2, -0.15) is 4.80 Å². The van der Waals surface area contributed by atoms with Crippen LogP contribution in [-0.2, 0) is 16.1 Å². The van der Waals surface area contributed by atoms with Gasteiger partial charge in [-0.1, -0.05) is 44.2 Å². The van der Waals surface area contributed by atoms with E-state index in [1.54, 1.807) is 29.2 Å². The minimum Gasteiger partial charge on any atom is -0.458 e. The normalized spacial score (nSPS) is 17.6. The maximum atomic E-state index is 13.8. The van der Waals surface area contributed by atoms with E-state index in [9.17, 15) is 14.0 Å². The highest BCUT2D eigenvalue weighted by molar-refractivity contribution is 5.89. The summed E-state index contributed by atoms with van der Waals surface area (Å²) in [6, 6.07) is 8.55. The number of tetrazole rings is 1. The van der Waals surface area contributed by atoms with Crippen molar-refractivity contribution >= 4 is 11.8 Å². The van der Waals surface area contributed by atoms with E-state index in [-0.39, 0.29) is 36.3 Å². The van der Waals surface area contributed by atoms with Gasteiger partial charge in [0.15, 0.2) is 5.76 Å². The van der Waals surface area contributed by atoms with Crippen LogP contribution in [0.1, 0.15) is 75.2 Å². The topological polar surface area (TPSA) is 106 Å². The number of aromatic nitrogens is 4. The Labute approximate surface area is 215 Å². The van der Waals surface area contributed by atoms with Crippen LogP contribution in [-0.4, -0.2) is 49.0 Å². The molecule has 10 heteroatoms. The molecule has 196 valence electrons. The van der Waals surface area contributed by atoms with Crippen LogP contribution in [0.3, 0.4) is 0 Å². The molecule has 2 aliphatic rings. The van der Waals surface area contributed by atoms with Gasteiger partial charge in [0.25, 0.3) is 0 Å². The first kappa shape index (κ1) is 25.1. The predicted molar refractivity (Wildman–Crippen MR) is 134 cm³/mol. The van der Waals surface area contributed by atoms with E-state index in [4.69, 9.17) is 4.42 Å². The molecule has 0 bridgehead atoms. The van der Waals surface area contributed by atoms with Crippen molar-refractivity contribution in [2.45, 2.75) is 89.4 Å². The number of aryl methyl sites for hydroxylation is 1. The Kier molecular flexibility index (Phi) is 7.62. The maximum Gasteiger partial charge on any atom is 0.247 e. The second kappa shape index (κ2) is 11.2. The number of halogens is 1. The molecule has 1 unspecified atom stereocenters. The lowest BCUT2D eigenvalue weighted by molar-refractivity contribution is -0.144. The summed E-state index contributed by atoms with van der Waals surface area (Å²) in [6.45, 7) is 1.66. The third-order valence-electron chi connectivity index (χ3n) is 7.36. The highest BCUT2D eigenvalue weighted by Crippen LogP contribution is 2.33. The fourth-order valence-electron chi connectivity index (χ4n) is 5.52. The molecule has 2 aromatic heterocycles. The van der Waals surface area contributed by atoms with Gasteiger partial charge in [0, 0.05) is 12.1 Å². The quantitative estimate of drug-likeness (QED) is 0.485. The number of amides is 2. The Bertz CT molecular complexity index is 1210. The number of carbonyl (C=O) groups is 2. The smallest absolute Gasteiger partial charge is 0.247 e. The van der Waals surface area contributed by atoms with Crippen molar-refractivity contribution in [1.82, 2.24) is 30.4 Å². The average Bonchev–Trinajstić information content (AvgIpc) is 3.66. The van der Waals surface area contributed by atoms with Gasteiger partial charge in [0.2, 0.25) is 17.6 Å². The number of nitrogens with one attached hydrogen (secondary N) is 1. The number of hydrogen-bond acceptors (Lipinski definition) is 6. The summed E-state index contributed by atoms with van der Waals surface area (Å²) in [5, 5.41) is 15.6. The van der Waals surface area contributed by atoms with Gasteiger partial charge in [-0.3, -0.25) is 9.59 Å². The molecule has 5 rings (SSSR count). The van der Waals surface area contributed by atoms with E-state index in [1.807, 2.05) is 6.92 Å². The molecule has 2 heterocycles. The first-order chi connectivity index (χ1) is 18.0. The Balaban J connectivity index is 1.43. The number of rotatable bonds is 8. The Hall–Kier alpha value is -3.56. The van der Waals surface area contributed by atoms with Crippen molar-refractivity contribution in [3.05, 3.63) is 53.5 Å². The molecule has 9 nitrogen and oxygen atoms in total. The van der Waals surface area contributed by atoms with Crippen molar-refractivity contribution in [2.24, 2.45) is 0 Å². The molecule has 1 aromatic carbocycles. The molecule has 0 radical (unpaired) electrons. The van der Waals surface area contributed by atoms with Crippen LogP contribution in [0.5, 0.6) is 0 Å². The number of benzene rings is 1. The molecule has 0 spiro atoms. The SMILES string of the molecule is Cc1ccc(-c2nnn(CC(=O)N(C3CCCC3)C(C(=O)NC3CCCCC3)c3ccc(F)cc3)n2)o1. The summed E-state index contributed by atoms with van der Waals surface area (Å²) in [4.78, 5) is 30.5. The van der Waals surface area contributed by atoms with E-state index in [2.05, 4.69) is 20.7 Å². The fourth-order valence-corrected chi connectivity index (χ4v) is 5.52. The van der Waals surface area contributed by atoms with Crippen LogP contribution < -0.4 is 5.32 Å². The van der Waals surface area contributed by atoms with E-state index < -0.39 is 6.04 Å². The number of nitrogens with zero attached hydrogens (tertiary/aromatic N) is 5. The minimum absolute atomic E-state index is 0.0843. The summed E-state index contributed by atoms with van der Waals surface area (Å²) in [5.74, 6) is 0.595. The summed E-state index contributed by atoms with van der Waals surface area (Å²) < 4.78 is 19.4. The Morgan fingerprint density at radius 2 is 1.76 bits per heavy atom. The van der Waals surface area contributed by atoms with Crippen LogP contribution in [0.4, 0.5) is 4.39 Å². The second-order valence-electron chi connectivity index (χ2n) is 10.1. The van der Waals surface area contributed by atoms with Gasteiger partial charge in [-0.15, -0.1) is 10.2 Å². The molecular weight excluding hydrogens is 475 g/mol. The van der Waals surface area contributed by atoms with E-state index in [0.29, 0.717) is 17.1 Å². The molecule has 1 atom stereocenters. The highest BCUT2D eigenvalue weighted by Gasteiger charge is 2.38. The number of carbonyl (C=O) groups excluding carboxylic acids is 2. The first-order valence-electron chi connectivity index (χ1n) is 13.2. The number of furan rings is 1. The summed E-state index contributed by atoms with van der Waals surface area (Å²) in [7, 11) is 0. The van der Waals surface area contributed by atoms with Gasteiger partial charge in [-0.25, -0.2) is 4.39 Å². The van der Waals surface area contributed by atoms with Crippen LogP contribution in [0, 0.1) is 12.7 Å². The second-order valence-corrected chi connectivity index (χ2v) is 10.1. The van der Waals surface area contributed by atoms with Gasteiger partial charge in [0.1, 0.15) is 24.2 Å². The largest absolute Gasteiger partial charge is 0.458 e. The molecule has 2 fully saturated rings. The lowest BCUT2D eigenvalue weighted by Crippen LogP contribution is -2.51. The summed E-state index contributed by atoms with van der Waals surface area (Å²) in [5.41, 5.74) is 0.591. The van der Waals surface area contributed by atoms with E-state index >= 15 is 0 Å². The van der Waals surface area contributed by atoms with Gasteiger partial charge in [-0.05, 0) is 67.6 Å². The monoisotopic (exact) mass is 508 g/mol. The van der Waals surface area contributed by atoms with Crippen molar-refractivity contribution < 1.29 is 18.4 Å². The maximum absolute atomic E-state index is 13.8. The molecule has 0 aliphatic heterocycles. The van der Waals surface area contributed by atoms with Crippen molar-refractivity contribution in [3.63, 3.8) is 0 Å². The predicted octanol–water partition coefficient (Wildman–Crippen LogP) is 4.34. The van der Waals surface area contributed by atoms with Gasteiger partial charge < -0.3 is 14.6 Å². The molecular formula is C27H33FN6O3. The zero-order valence-corrected chi connectivity index (χ0v) is 21.1. The molecule has 0 saturated heterocycles. The van der Waals surface area contributed by atoms with Crippen molar-refractivity contribution in [2.75, 3.05) is 0 Å². The van der Waals surface area contributed by atoms with Crippen molar-refractivity contribution in [1.29, 1.82) is 0 Å². The molecule has 1 N–H and O–H groups in total. The highest BCUT2D eigenvalue weighted by atomic mass is 19.1. The summed E-state index contributed by atoms with van der Waals surface area (Å²) in [6.07, 6.45) is 8.76. The zero-order chi connectivity index (χ0) is 25.8. The Morgan fingerprint density at radius 1 is 1.05 bits per heavy atom. The zero-order valence-electron chi connectivity index (χ0n) is 21.1. The molecule has 2 aliphatic carbocycles. The molecule has 2 amide bonds. The average molecular weight is 509 g/mol. The molecule has 2 saturated carbocycles. The standard InChI is InChI=1S/C27H33FN6O3/c1-18-11-16-23(37-18)26-30-32-33(31-26)17-24(35)34(22-9-5-6-10-22)25(19-12-14-20(28)15-13-19)27(36)29-21-7-3-2-4-8-21/h11-16,21-22,25H,2-10,17H2,1H3,(H,29,36). The van der Waals surface area contributed by atoms with Gasteiger partial charge in [0.05, 0.1) is 0 Å². The molecule has 3 aromatic rings. The first-order valence-corrected chi connectivity index (χ1v) is 13.2.